The van der Waals surface area contributed by atoms with Gasteiger partial charge in [-0.15, -0.1) is 0 Å². The molecule has 0 rings (SSSR count). The Hall–Kier alpha value is 0.0600. The van der Waals surface area contributed by atoms with Gasteiger partial charge in [-0.2, -0.15) is 0 Å². The van der Waals surface area contributed by atoms with Gasteiger partial charge < -0.3 is 0 Å². The summed E-state index contributed by atoms with van der Waals surface area (Å²) in [4.78, 5) is 0. The summed E-state index contributed by atoms with van der Waals surface area (Å²) in [6.45, 7) is 5.13. The van der Waals surface area contributed by atoms with E-state index in [2.05, 4.69) is 18.4 Å². The van der Waals surface area contributed by atoms with Gasteiger partial charge >= 0.3 is 8.69 Å². The third kappa shape index (κ3) is 10.1. The van der Waals surface area contributed by atoms with Crippen molar-refractivity contribution in [3.8, 4) is 0 Å². The van der Waals surface area contributed by atoms with E-state index < -0.39 is 0 Å². The van der Waals surface area contributed by atoms with Crippen LogP contribution < -0.4 is 0 Å². The van der Waals surface area contributed by atoms with Crippen molar-refractivity contribution >= 4 is 8.69 Å². The average Bonchev–Trinajstić information content (AvgIpc) is 2.02. The summed E-state index contributed by atoms with van der Waals surface area (Å²) in [7, 11) is -0.182. The highest BCUT2D eigenvalue weighted by atomic mass is 31.1. The summed E-state index contributed by atoms with van der Waals surface area (Å²) in [6, 6.07) is 0. The highest BCUT2D eigenvalue weighted by molar-refractivity contribution is 7.17. The number of rotatable bonds is 8. The molecule has 12 heavy (non-hydrogen) atoms. The number of hydrogen-bond donors (Lipinski definition) is 0. The van der Waals surface area contributed by atoms with Crippen molar-refractivity contribution in [2.24, 2.45) is 5.92 Å². The van der Waals surface area contributed by atoms with Crippen LogP contribution in [0.4, 0.5) is 0 Å². The van der Waals surface area contributed by atoms with E-state index in [0.29, 0.717) is 6.61 Å². The molecule has 3 heteroatoms. The van der Waals surface area contributed by atoms with Gasteiger partial charge in [-0.05, 0) is 12.3 Å². The van der Waals surface area contributed by atoms with Crippen molar-refractivity contribution in [1.29, 1.82) is 0 Å². The van der Waals surface area contributed by atoms with Gasteiger partial charge in [0, 0.05) is 0 Å². The van der Waals surface area contributed by atoms with Crippen LogP contribution in [0.25, 0.3) is 0 Å². The second-order valence-corrected chi connectivity index (χ2v) is 3.91. The number of unbranched alkanes of at least 4 members (excludes halogenated alkanes) is 3. The highest BCUT2D eigenvalue weighted by Crippen LogP contribution is 2.09. The standard InChI is InChI=1S/C9H19O2P/c1-9(2)7-5-3-4-6-8-11-12-10/h9H,3-8H2,1-2H3. The summed E-state index contributed by atoms with van der Waals surface area (Å²) in [5.41, 5.74) is 0. The normalized spacial score (nSPS) is 11.2. The molecule has 0 aliphatic heterocycles. The van der Waals surface area contributed by atoms with Crippen LogP contribution in [-0.4, -0.2) is 6.61 Å². The van der Waals surface area contributed by atoms with Crippen LogP contribution in [0, 0.1) is 5.92 Å². The molecule has 72 valence electrons. The van der Waals surface area contributed by atoms with E-state index in [4.69, 9.17) is 0 Å². The van der Waals surface area contributed by atoms with Crippen LogP contribution >= 0.6 is 8.69 Å². The average molecular weight is 190 g/mol. The molecule has 0 N–H and O–H groups in total. The van der Waals surface area contributed by atoms with E-state index in [1.807, 2.05) is 0 Å². The van der Waals surface area contributed by atoms with Crippen molar-refractivity contribution in [3.63, 3.8) is 0 Å². The quantitative estimate of drug-likeness (QED) is 0.429. The molecule has 0 amide bonds. The molecule has 0 atom stereocenters. The minimum Gasteiger partial charge on any atom is -0.294 e. The first-order valence-electron chi connectivity index (χ1n) is 4.72. The molecule has 0 aromatic rings. The Kier molecular flexibility index (Phi) is 9.20. The maximum atomic E-state index is 9.86. The Morgan fingerprint density at radius 1 is 1.17 bits per heavy atom. The summed E-state index contributed by atoms with van der Waals surface area (Å²) in [6.07, 6.45) is 6.14. The molecule has 0 fully saturated rings. The van der Waals surface area contributed by atoms with Gasteiger partial charge in [0.15, 0.2) is 0 Å². The Labute approximate surface area is 77.0 Å². The maximum Gasteiger partial charge on any atom is 0.327 e. The van der Waals surface area contributed by atoms with Crippen LogP contribution in [0.5, 0.6) is 0 Å². The fourth-order valence-corrected chi connectivity index (χ4v) is 1.31. The Morgan fingerprint density at radius 3 is 2.42 bits per heavy atom. The zero-order chi connectivity index (χ0) is 9.23. The second-order valence-electron chi connectivity index (χ2n) is 3.50. The fraction of sp³-hybridized carbons (Fsp3) is 1.00. The topological polar surface area (TPSA) is 26.3 Å². The minimum absolute atomic E-state index is 0.182. The molecule has 0 saturated heterocycles. The molecular weight excluding hydrogens is 171 g/mol. The first-order chi connectivity index (χ1) is 5.77. The summed E-state index contributed by atoms with van der Waals surface area (Å²) in [5.74, 6) is 0.821. The molecule has 0 heterocycles. The lowest BCUT2D eigenvalue weighted by Crippen LogP contribution is -1.88. The predicted octanol–water partition coefficient (Wildman–Crippen LogP) is 3.82. The van der Waals surface area contributed by atoms with Crippen LogP contribution in [0.3, 0.4) is 0 Å². The van der Waals surface area contributed by atoms with Gasteiger partial charge in [0.25, 0.3) is 0 Å². The van der Waals surface area contributed by atoms with Crippen molar-refractivity contribution in [1.82, 2.24) is 0 Å². The predicted molar refractivity (Wildman–Crippen MR) is 51.5 cm³/mol. The van der Waals surface area contributed by atoms with Crippen molar-refractivity contribution in [2.45, 2.75) is 46.0 Å². The van der Waals surface area contributed by atoms with Gasteiger partial charge in [-0.25, -0.2) is 4.57 Å². The largest absolute Gasteiger partial charge is 0.327 e. The zero-order valence-corrected chi connectivity index (χ0v) is 8.98. The van der Waals surface area contributed by atoms with Crippen molar-refractivity contribution < 1.29 is 9.09 Å². The molecule has 0 saturated carbocycles. The molecule has 0 spiro atoms. The first kappa shape index (κ1) is 12.1. The van der Waals surface area contributed by atoms with Gasteiger partial charge in [0.2, 0.25) is 0 Å². The third-order valence-corrected chi connectivity index (χ3v) is 2.11. The van der Waals surface area contributed by atoms with Crippen molar-refractivity contribution in [3.05, 3.63) is 0 Å². The molecule has 0 aliphatic carbocycles. The van der Waals surface area contributed by atoms with Crippen LogP contribution in [0.2, 0.25) is 0 Å². The molecule has 0 aromatic carbocycles. The second kappa shape index (κ2) is 9.15. The summed E-state index contributed by atoms with van der Waals surface area (Å²) >= 11 is 0. The molecule has 0 aromatic heterocycles. The van der Waals surface area contributed by atoms with E-state index in [1.165, 1.54) is 25.7 Å². The van der Waals surface area contributed by atoms with E-state index in [-0.39, 0.29) is 8.69 Å². The smallest absolute Gasteiger partial charge is 0.294 e. The molecular formula is C9H19O2P. The highest BCUT2D eigenvalue weighted by Gasteiger charge is 1.94. The molecule has 0 bridgehead atoms. The van der Waals surface area contributed by atoms with Gasteiger partial charge in [-0.3, -0.25) is 4.52 Å². The first-order valence-corrected chi connectivity index (χ1v) is 5.45. The van der Waals surface area contributed by atoms with E-state index in [0.717, 1.165) is 12.3 Å². The van der Waals surface area contributed by atoms with E-state index in [9.17, 15) is 4.57 Å². The van der Waals surface area contributed by atoms with E-state index >= 15 is 0 Å². The Balaban J connectivity index is 2.86. The fourth-order valence-electron chi connectivity index (χ4n) is 1.11. The zero-order valence-electron chi connectivity index (χ0n) is 8.08. The Bertz CT molecular complexity index is 105. The summed E-state index contributed by atoms with van der Waals surface area (Å²) in [5, 5.41) is 0. The SMILES string of the molecule is CC(C)CCCCCCOP=O. The third-order valence-electron chi connectivity index (χ3n) is 1.82. The molecule has 0 unspecified atom stereocenters. The van der Waals surface area contributed by atoms with Gasteiger partial charge in [0.05, 0.1) is 6.61 Å². The van der Waals surface area contributed by atoms with Gasteiger partial charge in [-0.1, -0.05) is 39.5 Å². The van der Waals surface area contributed by atoms with Crippen LogP contribution in [-0.2, 0) is 9.09 Å². The lowest BCUT2D eigenvalue weighted by molar-refractivity contribution is 0.327. The number of hydrogen-bond acceptors (Lipinski definition) is 2. The Morgan fingerprint density at radius 2 is 1.83 bits per heavy atom. The maximum absolute atomic E-state index is 9.86. The monoisotopic (exact) mass is 190 g/mol. The lowest BCUT2D eigenvalue weighted by atomic mass is 10.0. The lowest BCUT2D eigenvalue weighted by Gasteiger charge is -2.03. The molecule has 2 nitrogen and oxygen atoms in total. The van der Waals surface area contributed by atoms with Crippen LogP contribution in [0.15, 0.2) is 0 Å². The molecule has 0 aliphatic rings. The summed E-state index contributed by atoms with van der Waals surface area (Å²) < 4.78 is 14.5. The van der Waals surface area contributed by atoms with E-state index in [1.54, 1.807) is 0 Å². The van der Waals surface area contributed by atoms with Crippen LogP contribution in [0.1, 0.15) is 46.0 Å². The minimum atomic E-state index is -0.182. The molecule has 0 radical (unpaired) electrons. The van der Waals surface area contributed by atoms with Crippen molar-refractivity contribution in [2.75, 3.05) is 6.61 Å². The van der Waals surface area contributed by atoms with Gasteiger partial charge in [0.1, 0.15) is 0 Å².